The molecule has 6 nitrogen and oxygen atoms in total. The standard InChI is InChI=1S/C8H5ClN6S2/c9-3-1-2-4-5(14-17-13-4)6(3)15-7(10)11-12-8(15)16/h1-2H,(H2,10,11)(H,12,16). The van der Waals surface area contributed by atoms with Gasteiger partial charge >= 0.3 is 0 Å². The number of halogens is 1. The average molecular weight is 285 g/mol. The molecule has 0 unspecified atom stereocenters. The van der Waals surface area contributed by atoms with E-state index in [1.807, 2.05) is 0 Å². The number of aromatic amines is 1. The number of anilines is 1. The summed E-state index contributed by atoms with van der Waals surface area (Å²) in [5.74, 6) is 0.234. The molecule has 86 valence electrons. The van der Waals surface area contributed by atoms with Crippen molar-refractivity contribution in [2.75, 3.05) is 5.73 Å². The van der Waals surface area contributed by atoms with Crippen molar-refractivity contribution in [3.05, 3.63) is 21.9 Å². The van der Waals surface area contributed by atoms with E-state index in [0.29, 0.717) is 21.0 Å². The normalized spacial score (nSPS) is 11.1. The van der Waals surface area contributed by atoms with Crippen LogP contribution in [0, 0.1) is 4.77 Å². The molecule has 9 heteroatoms. The molecule has 0 saturated carbocycles. The maximum Gasteiger partial charge on any atom is 0.225 e. The topological polar surface area (TPSA) is 85.4 Å². The lowest BCUT2D eigenvalue weighted by Gasteiger charge is -2.06. The molecule has 17 heavy (non-hydrogen) atoms. The van der Waals surface area contributed by atoms with Crippen LogP contribution in [-0.2, 0) is 0 Å². The minimum Gasteiger partial charge on any atom is -0.368 e. The number of rotatable bonds is 1. The fourth-order valence-corrected chi connectivity index (χ4v) is 2.56. The number of nitrogen functional groups attached to an aromatic ring is 1. The molecule has 3 N–H and O–H groups in total. The Morgan fingerprint density at radius 2 is 2.24 bits per heavy atom. The van der Waals surface area contributed by atoms with E-state index in [1.165, 1.54) is 0 Å². The maximum atomic E-state index is 6.17. The number of aromatic nitrogens is 5. The summed E-state index contributed by atoms with van der Waals surface area (Å²) in [5.41, 5.74) is 7.76. The molecular formula is C8H5ClN6S2. The third-order valence-corrected chi connectivity index (χ3v) is 3.40. The predicted molar refractivity (Wildman–Crippen MR) is 69.1 cm³/mol. The molecule has 2 aromatic heterocycles. The van der Waals surface area contributed by atoms with Crippen LogP contribution in [0.5, 0.6) is 0 Å². The van der Waals surface area contributed by atoms with Crippen LogP contribution in [0.25, 0.3) is 16.7 Å². The second kappa shape index (κ2) is 3.76. The quantitative estimate of drug-likeness (QED) is 0.669. The van der Waals surface area contributed by atoms with Gasteiger partial charge in [-0.15, -0.1) is 5.10 Å². The fraction of sp³-hybridized carbons (Fsp3) is 0. The zero-order chi connectivity index (χ0) is 12.0. The highest BCUT2D eigenvalue weighted by molar-refractivity contribution is 7.71. The lowest BCUT2D eigenvalue weighted by molar-refractivity contribution is 1.04. The van der Waals surface area contributed by atoms with Crippen LogP contribution < -0.4 is 5.73 Å². The largest absolute Gasteiger partial charge is 0.368 e. The Morgan fingerprint density at radius 3 is 2.94 bits per heavy atom. The minimum absolute atomic E-state index is 0.234. The summed E-state index contributed by atoms with van der Waals surface area (Å²) in [4.78, 5) is 0. The number of fused-ring (bicyclic) bond motifs is 1. The number of H-pyrrole nitrogens is 1. The van der Waals surface area contributed by atoms with Gasteiger partial charge in [0, 0.05) is 0 Å². The summed E-state index contributed by atoms with van der Waals surface area (Å²) in [6, 6.07) is 3.53. The molecule has 0 bridgehead atoms. The van der Waals surface area contributed by atoms with E-state index in [9.17, 15) is 0 Å². The Labute approximate surface area is 109 Å². The van der Waals surface area contributed by atoms with E-state index >= 15 is 0 Å². The molecule has 0 radical (unpaired) electrons. The smallest absolute Gasteiger partial charge is 0.225 e. The monoisotopic (exact) mass is 284 g/mol. The van der Waals surface area contributed by atoms with Gasteiger partial charge in [-0.25, -0.2) is 5.10 Å². The highest BCUT2D eigenvalue weighted by atomic mass is 35.5. The molecule has 0 spiro atoms. The van der Waals surface area contributed by atoms with Crippen LogP contribution in [-0.4, -0.2) is 23.5 Å². The Kier molecular flexibility index (Phi) is 2.35. The van der Waals surface area contributed by atoms with Gasteiger partial charge in [-0.2, -0.15) is 8.75 Å². The minimum atomic E-state index is 0.234. The zero-order valence-corrected chi connectivity index (χ0v) is 10.6. The van der Waals surface area contributed by atoms with Gasteiger partial charge in [-0.1, -0.05) is 11.6 Å². The molecule has 3 rings (SSSR count). The molecule has 3 aromatic rings. The van der Waals surface area contributed by atoms with Gasteiger partial charge in [-0.3, -0.25) is 4.57 Å². The van der Waals surface area contributed by atoms with Crippen LogP contribution in [0.2, 0.25) is 5.02 Å². The number of hydrogen-bond acceptors (Lipinski definition) is 6. The van der Waals surface area contributed by atoms with Crippen LogP contribution in [0.15, 0.2) is 12.1 Å². The molecule has 0 saturated heterocycles. The van der Waals surface area contributed by atoms with Crippen molar-refractivity contribution in [3.8, 4) is 5.69 Å². The first-order chi connectivity index (χ1) is 8.18. The maximum absolute atomic E-state index is 6.17. The SMILES string of the molecule is Nc1n[nH]c(=S)n1-c1c(Cl)ccc2nsnc12. The second-order valence-electron chi connectivity index (χ2n) is 3.25. The van der Waals surface area contributed by atoms with Gasteiger partial charge < -0.3 is 5.73 Å². The summed E-state index contributed by atoms with van der Waals surface area (Å²) in [7, 11) is 0. The van der Waals surface area contributed by atoms with Crippen molar-refractivity contribution in [2.24, 2.45) is 0 Å². The molecule has 0 atom stereocenters. The van der Waals surface area contributed by atoms with E-state index in [2.05, 4.69) is 18.9 Å². The summed E-state index contributed by atoms with van der Waals surface area (Å²) in [5, 5.41) is 6.95. The first kappa shape index (κ1) is 10.6. The fourth-order valence-electron chi connectivity index (χ4n) is 1.55. The van der Waals surface area contributed by atoms with E-state index in [1.54, 1.807) is 16.7 Å². The third-order valence-electron chi connectivity index (χ3n) is 2.27. The van der Waals surface area contributed by atoms with Gasteiger partial charge in [0.1, 0.15) is 11.0 Å². The Hall–Kier alpha value is -1.51. The zero-order valence-electron chi connectivity index (χ0n) is 8.22. The molecule has 0 aliphatic heterocycles. The second-order valence-corrected chi connectivity index (χ2v) is 4.57. The molecule has 1 aromatic carbocycles. The molecule has 0 fully saturated rings. The number of benzene rings is 1. The third kappa shape index (κ3) is 1.53. The molecule has 0 aliphatic carbocycles. The van der Waals surface area contributed by atoms with Crippen molar-refractivity contribution >= 4 is 52.5 Å². The van der Waals surface area contributed by atoms with E-state index in [4.69, 9.17) is 29.6 Å². The number of nitrogens with one attached hydrogen (secondary N) is 1. The molecule has 0 amide bonds. The first-order valence-corrected chi connectivity index (χ1v) is 6.04. The first-order valence-electron chi connectivity index (χ1n) is 4.52. The highest BCUT2D eigenvalue weighted by Crippen LogP contribution is 2.29. The average Bonchev–Trinajstić information content (AvgIpc) is 2.88. The summed E-state index contributed by atoms with van der Waals surface area (Å²) < 4.78 is 10.3. The highest BCUT2D eigenvalue weighted by Gasteiger charge is 2.15. The summed E-state index contributed by atoms with van der Waals surface area (Å²) >= 11 is 12.4. The van der Waals surface area contributed by atoms with Crippen molar-refractivity contribution in [1.29, 1.82) is 0 Å². The Morgan fingerprint density at radius 1 is 1.41 bits per heavy atom. The van der Waals surface area contributed by atoms with Crippen LogP contribution in [0.1, 0.15) is 0 Å². The predicted octanol–water partition coefficient (Wildman–Crippen LogP) is 2.17. The lowest BCUT2D eigenvalue weighted by Crippen LogP contribution is -2.02. The van der Waals surface area contributed by atoms with Crippen molar-refractivity contribution in [3.63, 3.8) is 0 Å². The van der Waals surface area contributed by atoms with Crippen LogP contribution >= 0.6 is 35.5 Å². The van der Waals surface area contributed by atoms with E-state index in [0.717, 1.165) is 17.2 Å². The van der Waals surface area contributed by atoms with Crippen molar-refractivity contribution in [1.82, 2.24) is 23.5 Å². The van der Waals surface area contributed by atoms with Gasteiger partial charge in [-0.05, 0) is 24.4 Å². The Bertz CT molecular complexity index is 757. The number of nitrogens with zero attached hydrogens (tertiary/aromatic N) is 4. The molecule has 2 heterocycles. The molecule has 0 aliphatic rings. The van der Waals surface area contributed by atoms with Gasteiger partial charge in [0.15, 0.2) is 0 Å². The summed E-state index contributed by atoms with van der Waals surface area (Å²) in [6.07, 6.45) is 0. The van der Waals surface area contributed by atoms with Crippen LogP contribution in [0.4, 0.5) is 5.95 Å². The van der Waals surface area contributed by atoms with Crippen molar-refractivity contribution in [2.45, 2.75) is 0 Å². The number of nitrogens with two attached hydrogens (primary N) is 1. The van der Waals surface area contributed by atoms with Crippen molar-refractivity contribution < 1.29 is 0 Å². The molecular weight excluding hydrogens is 280 g/mol. The van der Waals surface area contributed by atoms with E-state index < -0.39 is 0 Å². The van der Waals surface area contributed by atoms with E-state index in [-0.39, 0.29) is 5.95 Å². The number of hydrogen-bond donors (Lipinski definition) is 2. The van der Waals surface area contributed by atoms with Gasteiger partial charge in [0.2, 0.25) is 10.7 Å². The van der Waals surface area contributed by atoms with Gasteiger partial charge in [0.25, 0.3) is 0 Å². The van der Waals surface area contributed by atoms with Crippen LogP contribution in [0.3, 0.4) is 0 Å². The van der Waals surface area contributed by atoms with Gasteiger partial charge in [0.05, 0.1) is 22.4 Å². The summed E-state index contributed by atoms with van der Waals surface area (Å²) in [6.45, 7) is 0. The lowest BCUT2D eigenvalue weighted by atomic mass is 10.2. The Balaban J connectivity index is 2.48.